The van der Waals surface area contributed by atoms with Crippen LogP contribution in [0.3, 0.4) is 0 Å². The molecule has 0 bridgehead atoms. The number of amides is 1. The van der Waals surface area contributed by atoms with Gasteiger partial charge in [-0.1, -0.05) is 11.6 Å². The summed E-state index contributed by atoms with van der Waals surface area (Å²) < 4.78 is 69.1. The van der Waals surface area contributed by atoms with Gasteiger partial charge in [0.1, 0.15) is 5.75 Å². The van der Waals surface area contributed by atoms with Crippen LogP contribution in [-0.4, -0.2) is 39.3 Å². The maximum absolute atomic E-state index is 12.8. The molecule has 152 valence electrons. The van der Waals surface area contributed by atoms with Gasteiger partial charge in [-0.3, -0.25) is 4.79 Å². The van der Waals surface area contributed by atoms with E-state index in [1.54, 1.807) is 0 Å². The second-order valence-electron chi connectivity index (χ2n) is 5.68. The summed E-state index contributed by atoms with van der Waals surface area (Å²) in [4.78, 5) is 12.1. The number of methoxy groups -OCH3 is 1. The molecule has 0 spiro atoms. The molecule has 28 heavy (non-hydrogen) atoms. The van der Waals surface area contributed by atoms with Crippen LogP contribution in [0.5, 0.6) is 5.75 Å². The van der Waals surface area contributed by atoms with Crippen molar-refractivity contribution in [2.24, 2.45) is 0 Å². The van der Waals surface area contributed by atoms with Crippen LogP contribution in [0.1, 0.15) is 5.56 Å². The number of carbonyl (C=O) groups is 1. The van der Waals surface area contributed by atoms with Crippen LogP contribution >= 0.6 is 11.6 Å². The third-order valence-electron chi connectivity index (χ3n) is 3.70. The molecule has 2 aromatic carbocycles. The van der Waals surface area contributed by atoms with E-state index in [9.17, 15) is 26.4 Å². The van der Waals surface area contributed by atoms with Crippen LogP contribution in [0.2, 0.25) is 5.02 Å². The molecule has 0 aliphatic carbocycles. The number of hydrogen-bond donors (Lipinski definition) is 1. The fraction of sp³-hybridized carbons (Fsp3) is 0.235. The van der Waals surface area contributed by atoms with Gasteiger partial charge in [0.2, 0.25) is 15.9 Å². The van der Waals surface area contributed by atoms with Crippen molar-refractivity contribution in [2.75, 3.05) is 26.0 Å². The van der Waals surface area contributed by atoms with Crippen molar-refractivity contribution >= 4 is 33.2 Å². The van der Waals surface area contributed by atoms with E-state index >= 15 is 0 Å². The Hall–Kier alpha value is -2.30. The monoisotopic (exact) mass is 436 g/mol. The molecule has 11 heteroatoms. The van der Waals surface area contributed by atoms with Crippen LogP contribution in [0.4, 0.5) is 18.9 Å². The highest BCUT2D eigenvalue weighted by Crippen LogP contribution is 2.33. The molecular weight excluding hydrogens is 421 g/mol. The number of nitrogens with zero attached hydrogens (tertiary/aromatic N) is 1. The minimum Gasteiger partial charge on any atom is -0.497 e. The van der Waals surface area contributed by atoms with Crippen LogP contribution < -0.4 is 10.1 Å². The average Bonchev–Trinajstić information content (AvgIpc) is 2.62. The highest BCUT2D eigenvalue weighted by atomic mass is 35.5. The SMILES string of the molecule is COc1ccc(S(=O)(=O)N(C)CC(=O)Nc2cc(C(F)(F)F)ccc2Cl)cc1. The summed E-state index contributed by atoms with van der Waals surface area (Å²) in [5.74, 6) is -0.389. The lowest BCUT2D eigenvalue weighted by Crippen LogP contribution is -2.35. The number of alkyl halides is 3. The quantitative estimate of drug-likeness (QED) is 0.750. The number of benzene rings is 2. The van der Waals surface area contributed by atoms with Crippen molar-refractivity contribution in [3.05, 3.63) is 53.1 Å². The first kappa shape index (κ1) is 22.0. The van der Waals surface area contributed by atoms with Gasteiger partial charge in [0, 0.05) is 7.05 Å². The van der Waals surface area contributed by atoms with E-state index in [4.69, 9.17) is 16.3 Å². The topological polar surface area (TPSA) is 75.7 Å². The Bertz CT molecular complexity index is 963. The zero-order valence-electron chi connectivity index (χ0n) is 14.7. The Morgan fingerprint density at radius 2 is 1.79 bits per heavy atom. The maximum atomic E-state index is 12.8. The summed E-state index contributed by atoms with van der Waals surface area (Å²) in [6.07, 6.45) is -4.61. The van der Waals surface area contributed by atoms with Gasteiger partial charge in [-0.15, -0.1) is 0 Å². The Morgan fingerprint density at radius 1 is 1.18 bits per heavy atom. The molecule has 6 nitrogen and oxygen atoms in total. The normalized spacial score (nSPS) is 12.1. The first-order valence-electron chi connectivity index (χ1n) is 7.72. The van der Waals surface area contributed by atoms with Crippen molar-refractivity contribution in [1.29, 1.82) is 0 Å². The molecule has 1 amide bonds. The highest BCUT2D eigenvalue weighted by molar-refractivity contribution is 7.89. The average molecular weight is 437 g/mol. The summed E-state index contributed by atoms with van der Waals surface area (Å²) in [7, 11) is -1.39. The van der Waals surface area contributed by atoms with Crippen molar-refractivity contribution in [2.45, 2.75) is 11.1 Å². The zero-order valence-corrected chi connectivity index (χ0v) is 16.3. The van der Waals surface area contributed by atoms with Gasteiger partial charge in [-0.25, -0.2) is 8.42 Å². The van der Waals surface area contributed by atoms with Crippen molar-refractivity contribution in [3.8, 4) is 5.75 Å². The Kier molecular flexibility index (Phi) is 6.58. The molecule has 0 atom stereocenters. The lowest BCUT2D eigenvalue weighted by Gasteiger charge is -2.18. The number of sulfonamides is 1. The molecule has 0 radical (unpaired) electrons. The Balaban J connectivity index is 2.14. The maximum Gasteiger partial charge on any atom is 0.416 e. The first-order chi connectivity index (χ1) is 12.9. The fourth-order valence-corrected chi connectivity index (χ4v) is 3.49. The second-order valence-corrected chi connectivity index (χ2v) is 8.13. The number of halogens is 4. The molecule has 0 heterocycles. The predicted octanol–water partition coefficient (Wildman–Crippen LogP) is 3.63. The molecule has 2 rings (SSSR count). The van der Waals surface area contributed by atoms with Gasteiger partial charge in [0.25, 0.3) is 0 Å². The van der Waals surface area contributed by atoms with Crippen molar-refractivity contribution < 1.29 is 31.1 Å². The minimum atomic E-state index is -4.61. The van der Waals surface area contributed by atoms with Crippen molar-refractivity contribution in [3.63, 3.8) is 0 Å². The number of ether oxygens (including phenoxy) is 1. The van der Waals surface area contributed by atoms with E-state index in [1.807, 2.05) is 0 Å². The van der Waals surface area contributed by atoms with Gasteiger partial charge in [-0.05, 0) is 42.5 Å². The molecule has 0 aliphatic heterocycles. The highest BCUT2D eigenvalue weighted by Gasteiger charge is 2.31. The summed E-state index contributed by atoms with van der Waals surface area (Å²) in [5.41, 5.74) is -1.26. The third-order valence-corrected chi connectivity index (χ3v) is 5.85. The van der Waals surface area contributed by atoms with Gasteiger partial charge in [0.15, 0.2) is 0 Å². The van der Waals surface area contributed by atoms with Crippen LogP contribution in [0, 0.1) is 0 Å². The molecule has 0 aromatic heterocycles. The number of hydrogen-bond acceptors (Lipinski definition) is 4. The molecule has 0 aliphatic rings. The predicted molar refractivity (Wildman–Crippen MR) is 97.9 cm³/mol. The lowest BCUT2D eigenvalue weighted by atomic mass is 10.2. The standard InChI is InChI=1S/C17H16ClF3N2O4S/c1-23(28(25,26)13-6-4-12(27-2)5-7-13)10-16(24)22-15-9-11(17(19,20)21)3-8-14(15)18/h3-9H,10H2,1-2H3,(H,22,24). The Morgan fingerprint density at radius 3 is 2.32 bits per heavy atom. The summed E-state index contributed by atoms with van der Waals surface area (Å²) in [6.45, 7) is -0.624. The molecule has 0 fully saturated rings. The van der Waals surface area contributed by atoms with E-state index in [-0.39, 0.29) is 15.6 Å². The number of anilines is 1. The van der Waals surface area contributed by atoms with E-state index in [1.165, 1.54) is 38.4 Å². The van der Waals surface area contributed by atoms with Gasteiger partial charge in [0.05, 0.1) is 34.8 Å². The van der Waals surface area contributed by atoms with Gasteiger partial charge >= 0.3 is 6.18 Å². The van der Waals surface area contributed by atoms with Crippen LogP contribution in [0.15, 0.2) is 47.4 Å². The van der Waals surface area contributed by atoms with E-state index in [0.717, 1.165) is 16.4 Å². The van der Waals surface area contributed by atoms with Gasteiger partial charge in [-0.2, -0.15) is 17.5 Å². The van der Waals surface area contributed by atoms with Crippen molar-refractivity contribution in [1.82, 2.24) is 4.31 Å². The second kappa shape index (κ2) is 8.38. The molecule has 0 saturated heterocycles. The first-order valence-corrected chi connectivity index (χ1v) is 9.54. The molecule has 2 aromatic rings. The molecule has 0 saturated carbocycles. The number of carbonyl (C=O) groups excluding carboxylic acids is 1. The fourth-order valence-electron chi connectivity index (χ4n) is 2.20. The minimum absolute atomic E-state index is 0.0688. The molecular formula is C17H16ClF3N2O4S. The molecule has 0 unspecified atom stereocenters. The van der Waals surface area contributed by atoms with Crippen LogP contribution in [0.25, 0.3) is 0 Å². The summed E-state index contributed by atoms with van der Waals surface area (Å²) in [5, 5.41) is 2.09. The summed E-state index contributed by atoms with van der Waals surface area (Å²) in [6, 6.07) is 7.97. The lowest BCUT2D eigenvalue weighted by molar-refractivity contribution is -0.137. The Labute approximate surface area is 164 Å². The van der Waals surface area contributed by atoms with E-state index in [0.29, 0.717) is 11.8 Å². The smallest absolute Gasteiger partial charge is 0.416 e. The van der Waals surface area contributed by atoms with E-state index in [2.05, 4.69) is 5.32 Å². The van der Waals surface area contributed by atoms with E-state index < -0.39 is 34.2 Å². The van der Waals surface area contributed by atoms with Gasteiger partial charge < -0.3 is 10.1 Å². The third kappa shape index (κ3) is 5.15. The van der Waals surface area contributed by atoms with Crippen LogP contribution in [-0.2, 0) is 21.0 Å². The molecule has 1 N–H and O–H groups in total. The zero-order chi connectivity index (χ0) is 21.1. The largest absolute Gasteiger partial charge is 0.497 e. The number of likely N-dealkylation sites (N-methyl/N-ethyl adjacent to an activating group) is 1. The summed E-state index contributed by atoms with van der Waals surface area (Å²) >= 11 is 5.82. The number of rotatable bonds is 6. The number of nitrogens with one attached hydrogen (secondary N) is 1.